The first-order valence-corrected chi connectivity index (χ1v) is 9.29. The summed E-state index contributed by atoms with van der Waals surface area (Å²) in [5.41, 5.74) is 4.07. The van der Waals surface area contributed by atoms with Crippen molar-refractivity contribution in [2.75, 3.05) is 13.1 Å². The second-order valence-electron chi connectivity index (χ2n) is 7.37. The van der Waals surface area contributed by atoms with E-state index in [2.05, 4.69) is 20.5 Å². The Morgan fingerprint density at radius 1 is 1.07 bits per heavy atom. The lowest BCUT2D eigenvalue weighted by Gasteiger charge is -2.19. The molecule has 5 rings (SSSR count). The summed E-state index contributed by atoms with van der Waals surface area (Å²) in [5, 5.41) is 13.5. The maximum absolute atomic E-state index is 14.8. The lowest BCUT2D eigenvalue weighted by Crippen LogP contribution is -2.27. The Morgan fingerprint density at radius 3 is 2.70 bits per heavy atom. The molecule has 0 radical (unpaired) electrons. The number of pyridine rings is 1. The molecule has 1 aromatic carbocycles. The molecule has 27 heavy (non-hydrogen) atoms. The molecule has 4 heterocycles. The molecular formula is C20H21FN6. The largest absolute Gasteiger partial charge is 0.317 e. The highest BCUT2D eigenvalue weighted by Crippen LogP contribution is 2.29. The molecule has 1 saturated heterocycles. The van der Waals surface area contributed by atoms with Crippen molar-refractivity contribution in [1.29, 1.82) is 0 Å². The Labute approximate surface area is 156 Å². The highest BCUT2D eigenvalue weighted by molar-refractivity contribution is 5.87. The summed E-state index contributed by atoms with van der Waals surface area (Å²) in [4.78, 5) is 4.48. The van der Waals surface area contributed by atoms with Crippen LogP contribution in [-0.2, 0) is 7.05 Å². The predicted molar refractivity (Wildman–Crippen MR) is 102 cm³/mol. The van der Waals surface area contributed by atoms with Crippen LogP contribution in [0.1, 0.15) is 30.1 Å². The van der Waals surface area contributed by atoms with E-state index in [1.807, 2.05) is 38.5 Å². The maximum atomic E-state index is 14.8. The van der Waals surface area contributed by atoms with E-state index in [1.165, 1.54) is 0 Å². The monoisotopic (exact) mass is 364 g/mol. The lowest BCUT2D eigenvalue weighted by molar-refractivity contribution is 0.445. The van der Waals surface area contributed by atoms with Crippen LogP contribution < -0.4 is 5.32 Å². The molecule has 0 unspecified atom stereocenters. The summed E-state index contributed by atoms with van der Waals surface area (Å²) in [7, 11) is 1.91. The van der Waals surface area contributed by atoms with E-state index in [1.54, 1.807) is 15.3 Å². The minimum Gasteiger partial charge on any atom is -0.317 e. The van der Waals surface area contributed by atoms with E-state index in [0.29, 0.717) is 11.6 Å². The van der Waals surface area contributed by atoms with Crippen molar-refractivity contribution in [2.24, 2.45) is 7.05 Å². The fourth-order valence-corrected chi connectivity index (χ4v) is 3.97. The molecule has 3 aromatic heterocycles. The molecule has 1 aliphatic heterocycles. The molecule has 1 N–H and O–H groups in total. The van der Waals surface area contributed by atoms with E-state index < -0.39 is 0 Å². The first kappa shape index (κ1) is 16.4. The first-order valence-electron chi connectivity index (χ1n) is 9.29. The number of rotatable bonds is 2. The minimum absolute atomic E-state index is 0.294. The van der Waals surface area contributed by atoms with Crippen molar-refractivity contribution in [1.82, 2.24) is 29.7 Å². The summed E-state index contributed by atoms with van der Waals surface area (Å²) in [5.74, 6) is 0.693. The molecule has 7 heteroatoms. The number of halogens is 1. The number of fused-ring (bicyclic) bond motifs is 2. The average Bonchev–Trinajstić information content (AvgIpc) is 3.26. The van der Waals surface area contributed by atoms with E-state index in [9.17, 15) is 4.39 Å². The van der Waals surface area contributed by atoms with Crippen molar-refractivity contribution in [2.45, 2.75) is 25.7 Å². The van der Waals surface area contributed by atoms with Gasteiger partial charge >= 0.3 is 0 Å². The van der Waals surface area contributed by atoms with Crippen LogP contribution in [0.2, 0.25) is 0 Å². The SMILES string of the molecule is Cc1cc(-c2cc(F)c3nc(C4CCNCC4)nn3c2)cc2cn(C)nc12. The van der Waals surface area contributed by atoms with E-state index in [4.69, 9.17) is 0 Å². The van der Waals surface area contributed by atoms with Crippen LogP contribution >= 0.6 is 0 Å². The maximum Gasteiger partial charge on any atom is 0.191 e. The Balaban J connectivity index is 1.61. The van der Waals surface area contributed by atoms with Crippen molar-refractivity contribution in [3.05, 3.63) is 47.8 Å². The summed E-state index contributed by atoms with van der Waals surface area (Å²) in [6, 6.07) is 5.63. The third-order valence-electron chi connectivity index (χ3n) is 5.36. The molecule has 1 fully saturated rings. The van der Waals surface area contributed by atoms with Gasteiger partial charge in [0.2, 0.25) is 0 Å². The minimum atomic E-state index is -0.343. The fourth-order valence-electron chi connectivity index (χ4n) is 3.97. The second kappa shape index (κ2) is 6.13. The van der Waals surface area contributed by atoms with Gasteiger partial charge < -0.3 is 5.32 Å². The van der Waals surface area contributed by atoms with Gasteiger partial charge in [0.05, 0.1) is 5.52 Å². The molecule has 0 saturated carbocycles. The van der Waals surface area contributed by atoms with E-state index in [0.717, 1.165) is 59.3 Å². The third-order valence-corrected chi connectivity index (χ3v) is 5.36. The number of nitrogens with one attached hydrogen (secondary N) is 1. The number of nitrogens with zero attached hydrogens (tertiary/aromatic N) is 5. The Morgan fingerprint density at radius 2 is 1.89 bits per heavy atom. The predicted octanol–water partition coefficient (Wildman–Crippen LogP) is 3.20. The number of piperidine rings is 1. The summed E-state index contributed by atoms with van der Waals surface area (Å²) >= 11 is 0. The Kier molecular flexibility index (Phi) is 3.72. The zero-order valence-electron chi connectivity index (χ0n) is 15.4. The third kappa shape index (κ3) is 2.78. The van der Waals surface area contributed by atoms with Crippen LogP contribution in [-0.4, -0.2) is 37.5 Å². The zero-order valence-corrected chi connectivity index (χ0v) is 15.4. The molecule has 138 valence electrons. The molecule has 0 spiro atoms. The van der Waals surface area contributed by atoms with Gasteiger partial charge in [-0.05, 0) is 62.2 Å². The molecular weight excluding hydrogens is 343 g/mol. The second-order valence-corrected chi connectivity index (χ2v) is 7.37. The fraction of sp³-hybridized carbons (Fsp3) is 0.350. The summed E-state index contributed by atoms with van der Waals surface area (Å²) in [6.07, 6.45) is 5.82. The molecule has 0 bridgehead atoms. The smallest absolute Gasteiger partial charge is 0.191 e. The van der Waals surface area contributed by atoms with Crippen LogP contribution in [0.3, 0.4) is 0 Å². The number of hydrogen-bond donors (Lipinski definition) is 1. The van der Waals surface area contributed by atoms with Gasteiger partial charge in [0.15, 0.2) is 17.3 Å². The average molecular weight is 364 g/mol. The summed E-state index contributed by atoms with van der Waals surface area (Å²) in [6.45, 7) is 3.94. The highest BCUT2D eigenvalue weighted by Gasteiger charge is 2.21. The number of benzene rings is 1. The molecule has 0 atom stereocenters. The van der Waals surface area contributed by atoms with Crippen molar-refractivity contribution >= 4 is 16.6 Å². The molecule has 0 aliphatic carbocycles. The molecule has 0 amide bonds. The van der Waals surface area contributed by atoms with Gasteiger partial charge in [0.1, 0.15) is 0 Å². The highest BCUT2D eigenvalue weighted by atomic mass is 19.1. The van der Waals surface area contributed by atoms with Crippen LogP contribution in [0.4, 0.5) is 4.39 Å². The van der Waals surface area contributed by atoms with Crippen LogP contribution in [0, 0.1) is 12.7 Å². The van der Waals surface area contributed by atoms with Crippen LogP contribution in [0.25, 0.3) is 27.7 Å². The topological polar surface area (TPSA) is 60.0 Å². The Hall–Kier alpha value is -2.80. The van der Waals surface area contributed by atoms with E-state index in [-0.39, 0.29) is 5.82 Å². The van der Waals surface area contributed by atoms with Crippen molar-refractivity contribution < 1.29 is 4.39 Å². The van der Waals surface area contributed by atoms with Crippen molar-refractivity contribution in [3.8, 4) is 11.1 Å². The number of hydrogen-bond acceptors (Lipinski definition) is 4. The molecule has 4 aromatic rings. The number of aromatic nitrogens is 5. The Bertz CT molecular complexity index is 1150. The lowest BCUT2D eigenvalue weighted by atomic mass is 9.98. The van der Waals surface area contributed by atoms with E-state index >= 15 is 0 Å². The quantitative estimate of drug-likeness (QED) is 0.593. The van der Waals surface area contributed by atoms with Crippen LogP contribution in [0.5, 0.6) is 0 Å². The normalized spacial score (nSPS) is 15.8. The van der Waals surface area contributed by atoms with Gasteiger partial charge in [0, 0.05) is 36.3 Å². The standard InChI is InChI=1S/C20H21FN6/c1-12-7-14(8-16-10-26(2)24-18(12)16)15-9-17(21)20-23-19(25-27(20)11-15)13-3-5-22-6-4-13/h7-11,13,22H,3-6H2,1-2H3. The number of aryl methyl sites for hydroxylation is 2. The summed E-state index contributed by atoms with van der Waals surface area (Å²) < 4.78 is 18.2. The van der Waals surface area contributed by atoms with Gasteiger partial charge in [-0.1, -0.05) is 0 Å². The first-order chi connectivity index (χ1) is 13.1. The molecule has 6 nitrogen and oxygen atoms in total. The van der Waals surface area contributed by atoms with Gasteiger partial charge in [-0.3, -0.25) is 4.68 Å². The molecule has 1 aliphatic rings. The zero-order chi connectivity index (χ0) is 18.5. The van der Waals surface area contributed by atoms with Gasteiger partial charge in [-0.15, -0.1) is 0 Å². The van der Waals surface area contributed by atoms with Crippen LogP contribution in [0.15, 0.2) is 30.6 Å². The van der Waals surface area contributed by atoms with Crippen molar-refractivity contribution in [3.63, 3.8) is 0 Å². The van der Waals surface area contributed by atoms with Gasteiger partial charge in [-0.25, -0.2) is 13.9 Å². The van der Waals surface area contributed by atoms with Gasteiger partial charge in [-0.2, -0.15) is 10.2 Å². The van der Waals surface area contributed by atoms with Gasteiger partial charge in [0.25, 0.3) is 0 Å².